The van der Waals surface area contributed by atoms with Gasteiger partial charge in [-0.2, -0.15) is 0 Å². The number of rotatable bonds is 7. The number of carbonyl (C=O) groups is 1. The van der Waals surface area contributed by atoms with Crippen LogP contribution in [-0.4, -0.2) is 26.6 Å². The summed E-state index contributed by atoms with van der Waals surface area (Å²) in [7, 11) is -2.28. The van der Waals surface area contributed by atoms with Gasteiger partial charge in [-0.25, -0.2) is 8.42 Å². The van der Waals surface area contributed by atoms with E-state index in [0.29, 0.717) is 17.2 Å². The predicted octanol–water partition coefficient (Wildman–Crippen LogP) is 4.97. The number of carboxylic acids is 1. The van der Waals surface area contributed by atoms with Gasteiger partial charge in [-0.15, -0.1) is 0 Å². The second-order valence-corrected chi connectivity index (χ2v) is 7.85. The van der Waals surface area contributed by atoms with E-state index < -0.39 is 15.8 Å². The fourth-order valence-corrected chi connectivity index (χ4v) is 4.16. The van der Waals surface area contributed by atoms with Gasteiger partial charge in [-0.05, 0) is 60.2 Å². The maximum Gasteiger partial charge on any atom is 0.307 e. The summed E-state index contributed by atoms with van der Waals surface area (Å²) in [5.41, 5.74) is 0.244. The molecule has 7 heteroatoms. The molecule has 0 unspecified atom stereocenters. The van der Waals surface area contributed by atoms with Gasteiger partial charge in [0.2, 0.25) is 9.84 Å². The molecule has 0 fully saturated rings. The molecule has 3 aromatic carbocycles. The number of carboxylic acid groups (broad SMARTS) is 1. The second kappa shape index (κ2) is 10.5. The topological polar surface area (TPSA) is 89.9 Å². The molecule has 6 nitrogen and oxygen atoms in total. The normalized spacial score (nSPS) is 10.5. The average molecular weight is 429 g/mol. The van der Waals surface area contributed by atoms with E-state index >= 15 is 0 Å². The Balaban J connectivity index is 0.00000155. The zero-order chi connectivity index (χ0) is 22.1. The second-order valence-electron chi connectivity index (χ2n) is 5.93. The third-order valence-electron chi connectivity index (χ3n) is 4.03. The summed E-state index contributed by atoms with van der Waals surface area (Å²) in [6, 6.07) is 19.1. The summed E-state index contributed by atoms with van der Waals surface area (Å²) in [5, 5.41) is 9.02. The average Bonchev–Trinajstić information content (AvgIpc) is 2.76. The summed E-state index contributed by atoms with van der Waals surface area (Å²) in [6.07, 6.45) is -0.367. The van der Waals surface area contributed by atoms with Crippen molar-refractivity contribution in [3.8, 4) is 17.2 Å². The van der Waals surface area contributed by atoms with Crippen molar-refractivity contribution in [1.29, 1.82) is 0 Å². The lowest BCUT2D eigenvalue weighted by Crippen LogP contribution is -2.09. The lowest BCUT2D eigenvalue weighted by atomic mass is 10.1. The highest BCUT2D eigenvalue weighted by atomic mass is 32.2. The maximum atomic E-state index is 12.9. The van der Waals surface area contributed by atoms with Gasteiger partial charge in [0.05, 0.1) is 23.3 Å². The molecule has 158 valence electrons. The van der Waals surface area contributed by atoms with Crippen LogP contribution >= 0.6 is 0 Å². The Morgan fingerprint density at radius 1 is 0.833 bits per heavy atom. The number of hydrogen-bond donors (Lipinski definition) is 1. The lowest BCUT2D eigenvalue weighted by molar-refractivity contribution is -0.136. The van der Waals surface area contributed by atoms with Crippen LogP contribution in [-0.2, 0) is 21.1 Å². The minimum atomic E-state index is -3.85. The van der Waals surface area contributed by atoms with E-state index in [2.05, 4.69) is 0 Å². The van der Waals surface area contributed by atoms with Gasteiger partial charge in [-0.3, -0.25) is 4.79 Å². The Labute approximate surface area is 176 Å². The summed E-state index contributed by atoms with van der Waals surface area (Å²) >= 11 is 0. The Morgan fingerprint density at radius 3 is 1.87 bits per heavy atom. The molecule has 3 aromatic rings. The Hall–Kier alpha value is -3.32. The van der Waals surface area contributed by atoms with E-state index in [9.17, 15) is 13.2 Å². The molecule has 0 aromatic heterocycles. The quantitative estimate of drug-likeness (QED) is 0.571. The van der Waals surface area contributed by atoms with E-state index in [1.54, 1.807) is 55.6 Å². The van der Waals surface area contributed by atoms with E-state index in [4.69, 9.17) is 14.6 Å². The van der Waals surface area contributed by atoms with Crippen LogP contribution in [0.3, 0.4) is 0 Å². The molecule has 0 heterocycles. The number of methoxy groups -OCH3 is 1. The Bertz CT molecular complexity index is 1070. The highest BCUT2D eigenvalue weighted by Gasteiger charge is 2.22. The van der Waals surface area contributed by atoms with Crippen LogP contribution in [0.15, 0.2) is 82.6 Å². The zero-order valence-electron chi connectivity index (χ0n) is 17.0. The highest BCUT2D eigenvalue weighted by molar-refractivity contribution is 7.91. The molecule has 0 aliphatic heterocycles. The van der Waals surface area contributed by atoms with Crippen molar-refractivity contribution in [2.24, 2.45) is 0 Å². The molecular weight excluding hydrogens is 404 g/mol. The molecule has 0 saturated heterocycles. The SMILES string of the molecule is CC.COc1ccc(Oc2ccc(S(=O)(=O)c3ccccc3CC(=O)O)cc2)cc1. The van der Waals surface area contributed by atoms with E-state index in [1.165, 1.54) is 24.3 Å². The van der Waals surface area contributed by atoms with Gasteiger partial charge in [0.1, 0.15) is 17.2 Å². The maximum absolute atomic E-state index is 12.9. The van der Waals surface area contributed by atoms with Gasteiger partial charge in [0, 0.05) is 0 Å². The zero-order valence-corrected chi connectivity index (χ0v) is 17.8. The van der Waals surface area contributed by atoms with E-state index in [-0.39, 0.29) is 21.8 Å². The minimum absolute atomic E-state index is 0.0128. The monoisotopic (exact) mass is 428 g/mol. The fourth-order valence-electron chi connectivity index (χ4n) is 2.67. The highest BCUT2D eigenvalue weighted by Crippen LogP contribution is 2.28. The van der Waals surface area contributed by atoms with Crippen molar-refractivity contribution in [2.75, 3.05) is 7.11 Å². The van der Waals surface area contributed by atoms with Crippen molar-refractivity contribution in [3.05, 3.63) is 78.4 Å². The summed E-state index contributed by atoms with van der Waals surface area (Å²) < 4.78 is 36.6. The van der Waals surface area contributed by atoms with E-state index in [1.807, 2.05) is 13.8 Å². The molecule has 0 aliphatic rings. The molecule has 0 atom stereocenters. The van der Waals surface area contributed by atoms with Crippen LogP contribution < -0.4 is 9.47 Å². The standard InChI is InChI=1S/C21H18O6S.C2H6/c1-26-16-6-8-17(9-7-16)27-18-10-12-19(13-11-18)28(24,25)20-5-3-2-4-15(20)14-21(22)23;1-2/h2-13H,14H2,1H3,(H,22,23);1-2H3. The molecule has 30 heavy (non-hydrogen) atoms. The molecule has 0 amide bonds. The van der Waals surface area contributed by atoms with Gasteiger partial charge in [-0.1, -0.05) is 32.0 Å². The van der Waals surface area contributed by atoms with Crippen molar-refractivity contribution in [1.82, 2.24) is 0 Å². The molecule has 0 spiro atoms. The molecular formula is C23H24O6S. The Kier molecular flexibility index (Phi) is 8.00. The first-order valence-corrected chi connectivity index (χ1v) is 10.9. The molecule has 0 saturated carbocycles. The first kappa shape index (κ1) is 23.0. The van der Waals surface area contributed by atoms with Crippen molar-refractivity contribution in [2.45, 2.75) is 30.1 Å². The van der Waals surface area contributed by atoms with Crippen LogP contribution in [0.25, 0.3) is 0 Å². The largest absolute Gasteiger partial charge is 0.497 e. The van der Waals surface area contributed by atoms with Gasteiger partial charge in [0.25, 0.3) is 0 Å². The van der Waals surface area contributed by atoms with Crippen molar-refractivity contribution < 1.29 is 27.8 Å². The number of ether oxygens (including phenoxy) is 2. The number of hydrogen-bond acceptors (Lipinski definition) is 5. The Morgan fingerprint density at radius 2 is 1.33 bits per heavy atom. The van der Waals surface area contributed by atoms with Gasteiger partial charge < -0.3 is 14.6 Å². The van der Waals surface area contributed by atoms with Crippen LogP contribution in [0, 0.1) is 0 Å². The lowest BCUT2D eigenvalue weighted by Gasteiger charge is -2.11. The van der Waals surface area contributed by atoms with Crippen molar-refractivity contribution in [3.63, 3.8) is 0 Å². The van der Waals surface area contributed by atoms with Gasteiger partial charge >= 0.3 is 5.97 Å². The van der Waals surface area contributed by atoms with E-state index in [0.717, 1.165) is 0 Å². The molecule has 0 radical (unpaired) electrons. The van der Waals surface area contributed by atoms with Crippen LogP contribution in [0.4, 0.5) is 0 Å². The number of aliphatic carboxylic acids is 1. The minimum Gasteiger partial charge on any atom is -0.497 e. The van der Waals surface area contributed by atoms with Crippen molar-refractivity contribution >= 4 is 15.8 Å². The van der Waals surface area contributed by atoms with Crippen LogP contribution in [0.5, 0.6) is 17.2 Å². The molecule has 0 bridgehead atoms. The van der Waals surface area contributed by atoms with Crippen LogP contribution in [0.2, 0.25) is 0 Å². The number of sulfone groups is 1. The summed E-state index contributed by atoms with van der Waals surface area (Å²) in [5.74, 6) is 0.672. The molecule has 3 rings (SSSR count). The molecule has 1 N–H and O–H groups in total. The first-order chi connectivity index (χ1) is 14.4. The predicted molar refractivity (Wildman–Crippen MR) is 114 cm³/mol. The summed E-state index contributed by atoms with van der Waals surface area (Å²) in [6.45, 7) is 4.00. The molecule has 0 aliphatic carbocycles. The van der Waals surface area contributed by atoms with Gasteiger partial charge in [0.15, 0.2) is 0 Å². The third-order valence-corrected chi connectivity index (χ3v) is 5.90. The third kappa shape index (κ3) is 5.61. The smallest absolute Gasteiger partial charge is 0.307 e. The summed E-state index contributed by atoms with van der Waals surface area (Å²) in [4.78, 5) is 11.1. The van der Waals surface area contributed by atoms with Crippen LogP contribution in [0.1, 0.15) is 19.4 Å². The first-order valence-electron chi connectivity index (χ1n) is 9.37. The number of benzene rings is 3. The fraction of sp³-hybridized carbons (Fsp3) is 0.174.